The summed E-state index contributed by atoms with van der Waals surface area (Å²) in [5.41, 5.74) is 0.770. The van der Waals surface area contributed by atoms with Gasteiger partial charge in [0.2, 0.25) is 0 Å². The molecule has 0 fully saturated rings. The Bertz CT molecular complexity index is 443. The van der Waals surface area contributed by atoms with Crippen LogP contribution < -0.4 is 0 Å². The fraction of sp³-hybridized carbons (Fsp3) is 0.385. The molecule has 0 aliphatic rings. The van der Waals surface area contributed by atoms with Gasteiger partial charge in [0.05, 0.1) is 20.3 Å². The molecular weight excluding hydrogens is 250 g/mol. The number of phenolic OH excluding ortho intramolecular Hbond substituents is 1. The maximum Gasteiger partial charge on any atom is 0.410 e. The lowest BCUT2D eigenvalue weighted by Gasteiger charge is -2.27. The number of phenols is 1. The molecule has 19 heavy (non-hydrogen) atoms. The second-order valence-corrected chi connectivity index (χ2v) is 3.94. The van der Waals surface area contributed by atoms with E-state index in [0.717, 1.165) is 5.56 Å². The van der Waals surface area contributed by atoms with Gasteiger partial charge in [-0.15, -0.1) is 0 Å². The Morgan fingerprint density at radius 1 is 1.21 bits per heavy atom. The Morgan fingerprint density at radius 3 is 2.26 bits per heavy atom. The van der Waals surface area contributed by atoms with Crippen LogP contribution in [0.3, 0.4) is 0 Å². The summed E-state index contributed by atoms with van der Waals surface area (Å²) in [6.45, 7) is 1.55. The number of nitrogens with zero attached hydrogens (tertiary/aromatic N) is 1. The molecule has 6 heteroatoms. The van der Waals surface area contributed by atoms with E-state index in [4.69, 9.17) is 0 Å². The van der Waals surface area contributed by atoms with E-state index in [0.29, 0.717) is 0 Å². The molecule has 0 spiro atoms. The Balaban J connectivity index is 2.93. The van der Waals surface area contributed by atoms with E-state index in [1.165, 1.54) is 31.3 Å². The van der Waals surface area contributed by atoms with Gasteiger partial charge in [-0.2, -0.15) is 0 Å². The maximum absolute atomic E-state index is 11.7. The number of hydrogen-bond acceptors (Lipinski definition) is 5. The first-order chi connectivity index (χ1) is 8.99. The lowest BCUT2D eigenvalue weighted by molar-refractivity contribution is -0.142. The second-order valence-electron chi connectivity index (χ2n) is 3.94. The summed E-state index contributed by atoms with van der Waals surface area (Å²) < 4.78 is 9.21. The minimum absolute atomic E-state index is 0.133. The Kier molecular flexibility index (Phi) is 5.17. The van der Waals surface area contributed by atoms with E-state index >= 15 is 0 Å². The van der Waals surface area contributed by atoms with Crippen molar-refractivity contribution < 1.29 is 24.2 Å². The van der Waals surface area contributed by atoms with E-state index in [9.17, 15) is 14.7 Å². The average Bonchev–Trinajstić information content (AvgIpc) is 2.43. The van der Waals surface area contributed by atoms with Gasteiger partial charge in [-0.05, 0) is 24.6 Å². The largest absolute Gasteiger partial charge is 0.508 e. The Labute approximate surface area is 111 Å². The van der Waals surface area contributed by atoms with Crippen molar-refractivity contribution in [3.63, 3.8) is 0 Å². The van der Waals surface area contributed by atoms with Crippen molar-refractivity contribution in [3.05, 3.63) is 29.8 Å². The van der Waals surface area contributed by atoms with Gasteiger partial charge in [-0.25, -0.2) is 4.79 Å². The molecule has 0 saturated heterocycles. The predicted octanol–water partition coefficient (Wildman–Crippen LogP) is 1.69. The molecule has 0 bridgehead atoms. The second kappa shape index (κ2) is 6.63. The Morgan fingerprint density at radius 2 is 1.79 bits per heavy atom. The summed E-state index contributed by atoms with van der Waals surface area (Å²) in [6.07, 6.45) is -0.619. The molecule has 0 aromatic heterocycles. The van der Waals surface area contributed by atoms with Crippen molar-refractivity contribution in [1.29, 1.82) is 0 Å². The molecule has 0 aliphatic carbocycles. The molecule has 1 aromatic rings. The van der Waals surface area contributed by atoms with Crippen LogP contribution in [0.1, 0.15) is 18.5 Å². The highest BCUT2D eigenvalue weighted by atomic mass is 16.5. The van der Waals surface area contributed by atoms with Gasteiger partial charge in [-0.3, -0.25) is 9.69 Å². The first kappa shape index (κ1) is 14.8. The molecule has 0 unspecified atom stereocenters. The molecule has 104 valence electrons. The van der Waals surface area contributed by atoms with Crippen molar-refractivity contribution >= 4 is 12.1 Å². The lowest BCUT2D eigenvalue weighted by Crippen LogP contribution is -2.38. The number of amides is 1. The van der Waals surface area contributed by atoms with Crippen LogP contribution in [0.25, 0.3) is 0 Å². The van der Waals surface area contributed by atoms with Crippen molar-refractivity contribution in [2.24, 2.45) is 0 Å². The molecule has 0 aliphatic heterocycles. The number of esters is 1. The van der Waals surface area contributed by atoms with E-state index in [-0.39, 0.29) is 18.3 Å². The smallest absolute Gasteiger partial charge is 0.410 e. The molecule has 1 atom stereocenters. The zero-order valence-corrected chi connectivity index (χ0v) is 11.1. The van der Waals surface area contributed by atoms with Crippen LogP contribution in [0.2, 0.25) is 0 Å². The molecule has 0 heterocycles. The van der Waals surface area contributed by atoms with E-state index in [2.05, 4.69) is 9.47 Å². The van der Waals surface area contributed by atoms with Crippen molar-refractivity contribution in [2.45, 2.75) is 13.0 Å². The zero-order chi connectivity index (χ0) is 14.4. The van der Waals surface area contributed by atoms with Gasteiger partial charge < -0.3 is 14.6 Å². The third-order valence-corrected chi connectivity index (χ3v) is 2.78. The van der Waals surface area contributed by atoms with Gasteiger partial charge in [0, 0.05) is 0 Å². The molecule has 1 N–H and O–H groups in total. The van der Waals surface area contributed by atoms with E-state index < -0.39 is 12.1 Å². The molecular formula is C13H17NO5. The number of carbonyl (C=O) groups excluding carboxylic acids is 2. The highest BCUT2D eigenvalue weighted by Crippen LogP contribution is 2.22. The highest BCUT2D eigenvalue weighted by Gasteiger charge is 2.25. The fourth-order valence-electron chi connectivity index (χ4n) is 1.61. The van der Waals surface area contributed by atoms with Gasteiger partial charge >= 0.3 is 12.1 Å². The first-order valence-electron chi connectivity index (χ1n) is 5.70. The number of benzene rings is 1. The SMILES string of the molecule is COC(=O)CN(C(=O)OC)[C@@H](C)c1ccc(O)cc1. The number of carbonyl (C=O) groups is 2. The van der Waals surface area contributed by atoms with Crippen LogP contribution in [-0.2, 0) is 14.3 Å². The monoisotopic (exact) mass is 267 g/mol. The first-order valence-corrected chi connectivity index (χ1v) is 5.70. The Hall–Kier alpha value is -2.24. The number of aromatic hydroxyl groups is 1. The number of methoxy groups -OCH3 is 2. The maximum atomic E-state index is 11.7. The lowest BCUT2D eigenvalue weighted by atomic mass is 10.1. The normalized spacial score (nSPS) is 11.5. The van der Waals surface area contributed by atoms with Crippen LogP contribution in [0.5, 0.6) is 5.75 Å². The predicted molar refractivity (Wildman–Crippen MR) is 67.6 cm³/mol. The summed E-state index contributed by atoms with van der Waals surface area (Å²) >= 11 is 0. The topological polar surface area (TPSA) is 76.1 Å². The summed E-state index contributed by atoms with van der Waals surface area (Å²) in [5.74, 6) is -0.399. The summed E-state index contributed by atoms with van der Waals surface area (Å²) in [4.78, 5) is 24.3. The third-order valence-electron chi connectivity index (χ3n) is 2.78. The molecule has 0 saturated carbocycles. The van der Waals surface area contributed by atoms with Crippen molar-refractivity contribution in [3.8, 4) is 5.75 Å². The van der Waals surface area contributed by atoms with Crippen LogP contribution in [0.4, 0.5) is 4.79 Å². The summed E-state index contributed by atoms with van der Waals surface area (Å²) in [6, 6.07) is 5.99. The van der Waals surface area contributed by atoms with Gasteiger partial charge in [-0.1, -0.05) is 12.1 Å². The summed E-state index contributed by atoms with van der Waals surface area (Å²) in [5, 5.41) is 9.24. The molecule has 6 nitrogen and oxygen atoms in total. The van der Waals surface area contributed by atoms with E-state index in [1.807, 2.05) is 0 Å². The average molecular weight is 267 g/mol. The highest BCUT2D eigenvalue weighted by molar-refractivity contribution is 5.78. The molecule has 0 radical (unpaired) electrons. The van der Waals surface area contributed by atoms with Gasteiger partial charge in [0.15, 0.2) is 0 Å². The number of hydrogen-bond donors (Lipinski definition) is 1. The van der Waals surface area contributed by atoms with Crippen LogP contribution >= 0.6 is 0 Å². The zero-order valence-electron chi connectivity index (χ0n) is 11.1. The van der Waals surface area contributed by atoms with Crippen LogP contribution in [0, 0.1) is 0 Å². The standard InChI is InChI=1S/C13H17NO5/c1-9(10-4-6-11(15)7-5-10)14(13(17)19-3)8-12(16)18-2/h4-7,9,15H,8H2,1-3H3/t9-/m0/s1. The van der Waals surface area contributed by atoms with Gasteiger partial charge in [0.25, 0.3) is 0 Å². The van der Waals surface area contributed by atoms with Crippen LogP contribution in [-0.4, -0.2) is 42.8 Å². The van der Waals surface area contributed by atoms with Crippen molar-refractivity contribution in [2.75, 3.05) is 20.8 Å². The number of rotatable bonds is 4. The molecule has 1 rings (SSSR count). The van der Waals surface area contributed by atoms with Crippen molar-refractivity contribution in [1.82, 2.24) is 4.90 Å². The molecule has 1 amide bonds. The minimum Gasteiger partial charge on any atom is -0.508 e. The van der Waals surface area contributed by atoms with Gasteiger partial charge in [0.1, 0.15) is 12.3 Å². The summed E-state index contributed by atoms with van der Waals surface area (Å²) in [7, 11) is 2.50. The van der Waals surface area contributed by atoms with Crippen LogP contribution in [0.15, 0.2) is 24.3 Å². The quantitative estimate of drug-likeness (QED) is 0.840. The minimum atomic E-state index is -0.619. The number of ether oxygens (including phenoxy) is 2. The fourth-order valence-corrected chi connectivity index (χ4v) is 1.61. The van der Waals surface area contributed by atoms with E-state index in [1.54, 1.807) is 19.1 Å². The third kappa shape index (κ3) is 3.87. The molecule has 1 aromatic carbocycles.